The van der Waals surface area contributed by atoms with Crippen LogP contribution >= 0.6 is 0 Å². The summed E-state index contributed by atoms with van der Waals surface area (Å²) >= 11 is 0. The van der Waals surface area contributed by atoms with Crippen molar-refractivity contribution in [2.75, 3.05) is 19.8 Å². The molecule has 0 amide bonds. The third-order valence-corrected chi connectivity index (χ3v) is 4.53. The highest BCUT2D eigenvalue weighted by atomic mass is 19.1. The van der Waals surface area contributed by atoms with Gasteiger partial charge in [0.15, 0.2) is 5.72 Å². The van der Waals surface area contributed by atoms with E-state index < -0.39 is 11.7 Å². The average Bonchev–Trinajstić information content (AvgIpc) is 3.40. The van der Waals surface area contributed by atoms with Crippen molar-refractivity contribution in [3.05, 3.63) is 59.6 Å². The first-order valence-corrected chi connectivity index (χ1v) is 9.22. The van der Waals surface area contributed by atoms with Gasteiger partial charge in [-0.25, -0.2) is 14.2 Å². The molecule has 146 valence electrons. The molecule has 1 aromatic carbocycles. The van der Waals surface area contributed by atoms with Crippen LogP contribution in [0, 0.1) is 5.82 Å². The molecule has 27 heavy (non-hydrogen) atoms. The molecule has 1 atom stereocenters. The number of nitrogens with one attached hydrogen (secondary N) is 1. The number of ether oxygens (including phenoxy) is 2. The lowest BCUT2D eigenvalue weighted by atomic mass is 10.1. The normalized spacial score (nSPS) is 20.6. The molecule has 6 nitrogen and oxygen atoms in total. The Morgan fingerprint density at radius 1 is 1.41 bits per heavy atom. The fourth-order valence-corrected chi connectivity index (χ4v) is 3.18. The summed E-state index contributed by atoms with van der Waals surface area (Å²) in [6.07, 6.45) is 4.01. The van der Waals surface area contributed by atoms with Crippen LogP contribution in [0.1, 0.15) is 39.1 Å². The van der Waals surface area contributed by atoms with Gasteiger partial charge in [-0.1, -0.05) is 26.0 Å². The van der Waals surface area contributed by atoms with E-state index in [-0.39, 0.29) is 13.9 Å². The molecule has 1 N–H and O–H groups in total. The Hall–Kier alpha value is -2.67. The van der Waals surface area contributed by atoms with Gasteiger partial charge in [0.2, 0.25) is 0 Å². The maximum Gasteiger partial charge on any atom is 0.341 e. The standard InChI is InChI=1S/C18H18FN3O3.C2H6.H2/c1-2-24-17(23)14-9-22(8-7-15-16(14)21-11-20-15)18(10-25-18)12-3-5-13(19)6-4-12;1-2;/h3-6,9,11H,2,7-8,10H2,1H3,(H,20,21);1-2H3;1H. The van der Waals surface area contributed by atoms with Crippen molar-refractivity contribution >= 4 is 11.5 Å². The smallest absolute Gasteiger partial charge is 0.341 e. The van der Waals surface area contributed by atoms with E-state index in [1.54, 1.807) is 31.6 Å². The first kappa shape index (κ1) is 19.1. The lowest BCUT2D eigenvalue weighted by Crippen LogP contribution is -2.34. The second kappa shape index (κ2) is 7.92. The third-order valence-electron chi connectivity index (χ3n) is 4.53. The molecule has 0 aliphatic carbocycles. The van der Waals surface area contributed by atoms with Crippen molar-refractivity contribution < 1.29 is 20.1 Å². The van der Waals surface area contributed by atoms with Crippen molar-refractivity contribution in [3.63, 3.8) is 0 Å². The van der Waals surface area contributed by atoms with Crippen molar-refractivity contribution in [3.8, 4) is 0 Å². The van der Waals surface area contributed by atoms with E-state index in [1.165, 1.54) is 12.1 Å². The quantitative estimate of drug-likeness (QED) is 0.655. The summed E-state index contributed by atoms with van der Waals surface area (Å²) in [6.45, 7) is 7.17. The van der Waals surface area contributed by atoms with Crippen molar-refractivity contribution in [2.45, 2.75) is 32.9 Å². The number of aromatic nitrogens is 2. The summed E-state index contributed by atoms with van der Waals surface area (Å²) < 4.78 is 24.2. The molecule has 0 bridgehead atoms. The van der Waals surface area contributed by atoms with Crippen LogP contribution in [0.3, 0.4) is 0 Å². The Bertz CT molecular complexity index is 831. The zero-order valence-electron chi connectivity index (χ0n) is 15.8. The number of nitrogens with zero attached hydrogens (tertiary/aromatic N) is 2. The summed E-state index contributed by atoms with van der Waals surface area (Å²) in [5.74, 6) is -0.713. The highest BCUT2D eigenvalue weighted by Gasteiger charge is 2.51. The van der Waals surface area contributed by atoms with Gasteiger partial charge in [-0.3, -0.25) is 0 Å². The molecule has 3 heterocycles. The lowest BCUT2D eigenvalue weighted by Gasteiger charge is -2.27. The van der Waals surface area contributed by atoms with E-state index in [4.69, 9.17) is 9.47 Å². The summed E-state index contributed by atoms with van der Waals surface area (Å²) in [5.41, 5.74) is 2.07. The zero-order chi connectivity index (χ0) is 19.4. The molecule has 4 rings (SSSR count). The fourth-order valence-electron chi connectivity index (χ4n) is 3.18. The van der Waals surface area contributed by atoms with Crippen LogP contribution in [-0.4, -0.2) is 40.6 Å². The summed E-state index contributed by atoms with van der Waals surface area (Å²) in [7, 11) is 0. The van der Waals surface area contributed by atoms with Gasteiger partial charge < -0.3 is 19.4 Å². The van der Waals surface area contributed by atoms with Crippen molar-refractivity contribution in [2.24, 2.45) is 0 Å². The van der Waals surface area contributed by atoms with Crippen LogP contribution in [-0.2, 0) is 26.4 Å². The van der Waals surface area contributed by atoms with E-state index in [1.807, 2.05) is 18.7 Å². The Balaban J connectivity index is 0.000000906. The molecule has 0 spiro atoms. The second-order valence-electron chi connectivity index (χ2n) is 6.02. The number of aromatic amines is 1. The molecule has 0 saturated carbocycles. The molecular formula is C20H26FN3O3. The molecule has 2 aliphatic rings. The van der Waals surface area contributed by atoms with Crippen molar-refractivity contribution in [1.29, 1.82) is 0 Å². The molecule has 1 saturated heterocycles. The Morgan fingerprint density at radius 3 is 2.74 bits per heavy atom. The molecule has 0 radical (unpaired) electrons. The van der Waals surface area contributed by atoms with Crippen molar-refractivity contribution in [1.82, 2.24) is 14.9 Å². The number of carbonyl (C=O) groups is 1. The monoisotopic (exact) mass is 375 g/mol. The number of carbonyl (C=O) groups excluding carboxylic acids is 1. The molecule has 2 aliphatic heterocycles. The Kier molecular flexibility index (Phi) is 5.60. The Morgan fingerprint density at radius 2 is 2.11 bits per heavy atom. The van der Waals surface area contributed by atoms with Gasteiger partial charge >= 0.3 is 5.97 Å². The summed E-state index contributed by atoms with van der Waals surface area (Å²) in [6, 6.07) is 6.25. The van der Waals surface area contributed by atoms with Gasteiger partial charge in [-0.15, -0.1) is 0 Å². The van der Waals surface area contributed by atoms with Gasteiger partial charge in [0.05, 0.1) is 12.9 Å². The first-order chi connectivity index (χ1) is 13.1. The number of hydrogen-bond donors (Lipinski definition) is 1. The molecule has 1 aromatic heterocycles. The highest BCUT2D eigenvalue weighted by molar-refractivity contribution is 6.16. The number of halogens is 1. The largest absolute Gasteiger partial charge is 0.462 e. The number of fused-ring (bicyclic) bond motifs is 1. The minimum absolute atomic E-state index is 0. The molecule has 2 aromatic rings. The number of rotatable bonds is 4. The number of imidazole rings is 1. The minimum atomic E-state index is -0.672. The lowest BCUT2D eigenvalue weighted by molar-refractivity contribution is -0.136. The van der Waals surface area contributed by atoms with Crippen LogP contribution in [0.2, 0.25) is 0 Å². The van der Waals surface area contributed by atoms with E-state index in [2.05, 4.69) is 9.97 Å². The first-order valence-electron chi connectivity index (χ1n) is 9.22. The maximum atomic E-state index is 13.3. The van der Waals surface area contributed by atoms with Crippen LogP contribution in [0.25, 0.3) is 5.57 Å². The average molecular weight is 375 g/mol. The van der Waals surface area contributed by atoms with E-state index in [9.17, 15) is 9.18 Å². The number of epoxide rings is 1. The topological polar surface area (TPSA) is 70.8 Å². The number of esters is 1. The predicted molar refractivity (Wildman–Crippen MR) is 101 cm³/mol. The molecule has 1 fully saturated rings. The van der Waals surface area contributed by atoms with Gasteiger partial charge in [-0.2, -0.15) is 0 Å². The number of H-pyrrole nitrogens is 1. The van der Waals surface area contributed by atoms with Gasteiger partial charge in [0.1, 0.15) is 23.7 Å². The summed E-state index contributed by atoms with van der Waals surface area (Å²) in [4.78, 5) is 21.8. The van der Waals surface area contributed by atoms with E-state index >= 15 is 0 Å². The SMILES string of the molecule is CC.CCOC(=O)C1=CN(C2(c3ccc(F)cc3)CO2)CCc2[nH]cnc21.[HH]. The summed E-state index contributed by atoms with van der Waals surface area (Å²) in [5, 5.41) is 0. The van der Waals surface area contributed by atoms with Crippen LogP contribution in [0.5, 0.6) is 0 Å². The zero-order valence-corrected chi connectivity index (χ0v) is 15.8. The van der Waals surface area contributed by atoms with Crippen LogP contribution in [0.15, 0.2) is 36.8 Å². The van der Waals surface area contributed by atoms with E-state index in [0.717, 1.165) is 11.3 Å². The second-order valence-corrected chi connectivity index (χ2v) is 6.02. The van der Waals surface area contributed by atoms with Crippen LogP contribution in [0.4, 0.5) is 4.39 Å². The molecule has 7 heteroatoms. The number of hydrogen-bond acceptors (Lipinski definition) is 5. The predicted octanol–water partition coefficient (Wildman–Crippen LogP) is 3.47. The van der Waals surface area contributed by atoms with E-state index in [0.29, 0.717) is 30.8 Å². The van der Waals surface area contributed by atoms with Gasteiger partial charge in [-0.05, 0) is 19.1 Å². The molecular weight excluding hydrogens is 349 g/mol. The maximum absolute atomic E-state index is 13.3. The highest BCUT2D eigenvalue weighted by Crippen LogP contribution is 2.44. The minimum Gasteiger partial charge on any atom is -0.462 e. The third kappa shape index (κ3) is 3.60. The van der Waals surface area contributed by atoms with Crippen LogP contribution < -0.4 is 0 Å². The Labute approximate surface area is 159 Å². The number of benzene rings is 1. The van der Waals surface area contributed by atoms with Gasteiger partial charge in [0, 0.05) is 31.8 Å². The molecule has 1 unspecified atom stereocenters. The fraction of sp³-hybridized carbons (Fsp3) is 0.400. The van der Waals surface area contributed by atoms with Gasteiger partial charge in [0.25, 0.3) is 0 Å².